The van der Waals surface area contributed by atoms with E-state index in [9.17, 15) is 8.78 Å². The summed E-state index contributed by atoms with van der Waals surface area (Å²) in [7, 11) is 0. The van der Waals surface area contributed by atoms with Gasteiger partial charge in [-0.2, -0.15) is 0 Å². The summed E-state index contributed by atoms with van der Waals surface area (Å²) in [5, 5.41) is 7.56. The summed E-state index contributed by atoms with van der Waals surface area (Å²) in [6.45, 7) is 4.03. The first-order valence-electron chi connectivity index (χ1n) is 8.91. The van der Waals surface area contributed by atoms with Crippen molar-refractivity contribution >= 4 is 35.2 Å². The quantitative estimate of drug-likeness (QED) is 0.671. The fourth-order valence-electron chi connectivity index (χ4n) is 3.66. The van der Waals surface area contributed by atoms with E-state index in [2.05, 4.69) is 37.6 Å². The molecule has 2 fully saturated rings. The normalized spacial score (nSPS) is 18.7. The van der Waals surface area contributed by atoms with Crippen molar-refractivity contribution in [1.82, 2.24) is 24.5 Å². The van der Waals surface area contributed by atoms with Crippen molar-refractivity contribution in [3.8, 4) is 10.8 Å². The molecule has 4 heterocycles. The smallest absolute Gasteiger partial charge is 0.291 e. The maximum atomic E-state index is 12.9. The standard InChI is InChI=1S/C17H18F2N6S2/c18-14(19)16-21-22-17(27-16)15-20-8-13-12(7-11(26)9-25(13)15)24-5-3-23(4-6-24)10-1-2-10/h7-10,14,26H,1-6H2. The fraction of sp³-hybridized carbons (Fsp3) is 0.471. The Kier molecular flexibility index (Phi) is 4.29. The van der Waals surface area contributed by atoms with Gasteiger partial charge < -0.3 is 4.90 Å². The van der Waals surface area contributed by atoms with Crippen LogP contribution in [0.1, 0.15) is 24.3 Å². The minimum absolute atomic E-state index is 0.291. The van der Waals surface area contributed by atoms with Crippen LogP contribution in [0.3, 0.4) is 0 Å². The molecule has 1 aliphatic carbocycles. The number of alkyl halides is 2. The summed E-state index contributed by atoms with van der Waals surface area (Å²) in [6.07, 6.45) is 3.64. The number of nitrogens with zero attached hydrogens (tertiary/aromatic N) is 6. The minimum Gasteiger partial charge on any atom is -0.367 e. The van der Waals surface area contributed by atoms with E-state index in [0.717, 1.165) is 59.7 Å². The van der Waals surface area contributed by atoms with Gasteiger partial charge in [-0.05, 0) is 18.9 Å². The van der Waals surface area contributed by atoms with Crippen molar-refractivity contribution in [2.24, 2.45) is 0 Å². The molecule has 1 saturated carbocycles. The van der Waals surface area contributed by atoms with Gasteiger partial charge in [0.15, 0.2) is 15.8 Å². The predicted molar refractivity (Wildman–Crippen MR) is 103 cm³/mol. The van der Waals surface area contributed by atoms with Crippen LogP contribution in [-0.4, -0.2) is 56.7 Å². The maximum Gasteiger partial charge on any atom is 0.291 e. The van der Waals surface area contributed by atoms with Crippen LogP contribution in [0.2, 0.25) is 0 Å². The summed E-state index contributed by atoms with van der Waals surface area (Å²) in [6, 6.07) is 2.83. The first-order chi connectivity index (χ1) is 13.1. The molecule has 6 nitrogen and oxygen atoms in total. The second kappa shape index (κ2) is 6.68. The largest absolute Gasteiger partial charge is 0.367 e. The Bertz CT molecular complexity index is 975. The van der Waals surface area contributed by atoms with Gasteiger partial charge in [-0.3, -0.25) is 9.30 Å². The van der Waals surface area contributed by atoms with Crippen LogP contribution in [0, 0.1) is 0 Å². The third-order valence-corrected chi connectivity index (χ3v) is 6.31. The summed E-state index contributed by atoms with van der Waals surface area (Å²) >= 11 is 5.41. The highest BCUT2D eigenvalue weighted by molar-refractivity contribution is 7.80. The summed E-state index contributed by atoms with van der Waals surface area (Å²) in [4.78, 5) is 10.1. The zero-order valence-electron chi connectivity index (χ0n) is 14.4. The van der Waals surface area contributed by atoms with Gasteiger partial charge in [0, 0.05) is 43.3 Å². The number of halogens is 2. The number of thiol groups is 1. The van der Waals surface area contributed by atoms with Crippen LogP contribution in [0.4, 0.5) is 14.5 Å². The van der Waals surface area contributed by atoms with E-state index in [-0.39, 0.29) is 5.01 Å². The van der Waals surface area contributed by atoms with Crippen LogP contribution < -0.4 is 4.90 Å². The molecule has 1 aliphatic heterocycles. The van der Waals surface area contributed by atoms with Gasteiger partial charge in [0.1, 0.15) is 0 Å². The van der Waals surface area contributed by atoms with E-state index in [1.807, 2.05) is 16.7 Å². The molecule has 2 aliphatic rings. The Morgan fingerprint density at radius 2 is 1.93 bits per heavy atom. The predicted octanol–water partition coefficient (Wildman–Crippen LogP) is 3.36. The van der Waals surface area contributed by atoms with Crippen molar-refractivity contribution in [3.63, 3.8) is 0 Å². The number of hydrogen-bond donors (Lipinski definition) is 1. The number of rotatable bonds is 4. The molecule has 0 atom stereocenters. The van der Waals surface area contributed by atoms with Crippen molar-refractivity contribution in [3.05, 3.63) is 23.5 Å². The monoisotopic (exact) mass is 408 g/mol. The highest BCUT2D eigenvalue weighted by Crippen LogP contribution is 2.34. The van der Waals surface area contributed by atoms with Crippen LogP contribution in [0.5, 0.6) is 0 Å². The third-order valence-electron chi connectivity index (χ3n) is 5.14. The molecule has 0 unspecified atom stereocenters. The Balaban J connectivity index is 1.49. The zero-order valence-corrected chi connectivity index (χ0v) is 16.1. The lowest BCUT2D eigenvalue weighted by molar-refractivity contribution is 0.150. The molecule has 5 rings (SSSR count). The van der Waals surface area contributed by atoms with Crippen LogP contribution in [0.25, 0.3) is 16.3 Å². The zero-order chi connectivity index (χ0) is 18.5. The molecule has 142 valence electrons. The van der Waals surface area contributed by atoms with Gasteiger partial charge in [0.2, 0.25) is 0 Å². The van der Waals surface area contributed by atoms with Gasteiger partial charge in [-0.1, -0.05) is 11.3 Å². The molecule has 27 heavy (non-hydrogen) atoms. The number of piperazine rings is 1. The molecule has 1 saturated heterocycles. The maximum absolute atomic E-state index is 12.9. The lowest BCUT2D eigenvalue weighted by Crippen LogP contribution is -2.47. The van der Waals surface area contributed by atoms with Gasteiger partial charge >= 0.3 is 0 Å². The number of aromatic nitrogens is 4. The van der Waals surface area contributed by atoms with E-state index in [1.165, 1.54) is 12.8 Å². The number of fused-ring (bicyclic) bond motifs is 1. The van der Waals surface area contributed by atoms with Crippen LogP contribution in [0.15, 0.2) is 23.4 Å². The van der Waals surface area contributed by atoms with Crippen LogP contribution >= 0.6 is 24.0 Å². The Labute approximate surface area is 164 Å². The molecular weight excluding hydrogens is 390 g/mol. The number of imidazole rings is 1. The molecule has 3 aromatic heterocycles. The van der Waals surface area contributed by atoms with Gasteiger partial charge in [-0.25, -0.2) is 13.8 Å². The average Bonchev–Trinajstić information content (AvgIpc) is 3.24. The van der Waals surface area contributed by atoms with E-state index in [4.69, 9.17) is 0 Å². The molecule has 0 bridgehead atoms. The first kappa shape index (κ1) is 17.3. The Hall–Kier alpha value is -1.78. The average molecular weight is 409 g/mol. The molecular formula is C17H18F2N6S2. The lowest BCUT2D eigenvalue weighted by atomic mass is 10.2. The Morgan fingerprint density at radius 1 is 1.15 bits per heavy atom. The molecule has 0 N–H and O–H groups in total. The first-order valence-corrected chi connectivity index (χ1v) is 10.2. The van der Waals surface area contributed by atoms with Gasteiger partial charge in [-0.15, -0.1) is 22.8 Å². The highest BCUT2D eigenvalue weighted by atomic mass is 32.1. The van der Waals surface area contributed by atoms with Gasteiger partial charge in [0.05, 0.1) is 17.4 Å². The fourth-order valence-corrected chi connectivity index (χ4v) is 4.59. The molecule has 3 aromatic rings. The lowest BCUT2D eigenvalue weighted by Gasteiger charge is -2.36. The summed E-state index contributed by atoms with van der Waals surface area (Å²) in [5.41, 5.74) is 1.99. The topological polar surface area (TPSA) is 49.6 Å². The van der Waals surface area contributed by atoms with Crippen molar-refractivity contribution in [2.45, 2.75) is 30.2 Å². The number of hydrogen-bond acceptors (Lipinski definition) is 7. The molecule has 0 radical (unpaired) electrons. The van der Waals surface area contributed by atoms with Gasteiger partial charge in [0.25, 0.3) is 6.43 Å². The summed E-state index contributed by atoms with van der Waals surface area (Å²) < 4.78 is 27.6. The van der Waals surface area contributed by atoms with Crippen molar-refractivity contribution < 1.29 is 8.78 Å². The van der Waals surface area contributed by atoms with E-state index in [0.29, 0.717) is 10.8 Å². The minimum atomic E-state index is -2.62. The van der Waals surface area contributed by atoms with Crippen molar-refractivity contribution in [2.75, 3.05) is 31.1 Å². The second-order valence-corrected chi connectivity index (χ2v) is 8.45. The number of anilines is 1. The number of pyridine rings is 1. The van der Waals surface area contributed by atoms with E-state index < -0.39 is 6.43 Å². The van der Waals surface area contributed by atoms with Crippen molar-refractivity contribution in [1.29, 1.82) is 0 Å². The third kappa shape index (κ3) is 3.19. The molecule has 10 heteroatoms. The molecule has 0 aromatic carbocycles. The van der Waals surface area contributed by atoms with Crippen LogP contribution in [-0.2, 0) is 0 Å². The summed E-state index contributed by atoms with van der Waals surface area (Å²) in [5.74, 6) is 0.517. The Morgan fingerprint density at radius 3 is 2.59 bits per heavy atom. The molecule has 0 amide bonds. The van der Waals surface area contributed by atoms with E-state index in [1.54, 1.807) is 6.20 Å². The highest BCUT2D eigenvalue weighted by Gasteiger charge is 2.31. The second-order valence-electron chi connectivity index (χ2n) is 6.92. The SMILES string of the molecule is FC(F)c1nnc(-c2ncc3c(N4CCN(C5CC5)CC4)cc(S)cn23)s1. The molecule has 0 spiro atoms. The van der Waals surface area contributed by atoms with E-state index >= 15 is 0 Å².